The second kappa shape index (κ2) is 12.0. The standard InChI is InChI=1S/C21H26FN5O5S.ClH/c1-33(29,30)27-7-5-14(6-8-27)12-32-21-25-10-16(11-26-21)17-4-2-3-15(20(17)22)13-31-19(28)9-18(23)24;/h2-4,10-11,14H,5-9,12-13H2,1H3,(H3,23,24);1H. The highest BCUT2D eigenvalue weighted by atomic mass is 35.5. The Bertz CT molecular complexity index is 1110. The van der Waals surface area contributed by atoms with E-state index in [-0.39, 0.29) is 54.3 Å². The second-order valence-electron chi connectivity index (χ2n) is 7.81. The van der Waals surface area contributed by atoms with Crippen LogP contribution < -0.4 is 10.5 Å². The number of nitrogens with zero attached hydrogens (tertiary/aromatic N) is 3. The molecule has 3 rings (SSSR count). The lowest BCUT2D eigenvalue weighted by atomic mass is 9.99. The number of nitrogens with two attached hydrogens (primary N) is 1. The number of benzene rings is 1. The number of ether oxygens (including phenoxy) is 2. The van der Waals surface area contributed by atoms with Crippen LogP contribution in [0.2, 0.25) is 0 Å². The molecule has 1 saturated heterocycles. The number of carbonyl (C=O) groups is 1. The average molecular weight is 516 g/mol. The van der Waals surface area contributed by atoms with E-state index in [2.05, 4.69) is 9.97 Å². The molecule has 2 aromatic rings. The molecule has 0 amide bonds. The largest absolute Gasteiger partial charge is 0.463 e. The lowest BCUT2D eigenvalue weighted by molar-refractivity contribution is -0.143. The van der Waals surface area contributed by atoms with Crippen molar-refractivity contribution in [1.82, 2.24) is 14.3 Å². The van der Waals surface area contributed by atoms with Gasteiger partial charge < -0.3 is 15.2 Å². The van der Waals surface area contributed by atoms with Crippen LogP contribution in [0.4, 0.5) is 4.39 Å². The van der Waals surface area contributed by atoms with Crippen molar-refractivity contribution in [2.24, 2.45) is 11.7 Å². The normalized spacial score (nSPS) is 14.8. The number of amidine groups is 1. The van der Waals surface area contributed by atoms with Gasteiger partial charge in [-0.1, -0.05) is 18.2 Å². The number of nitrogens with one attached hydrogen (secondary N) is 1. The molecule has 34 heavy (non-hydrogen) atoms. The Kier molecular flexibility index (Phi) is 9.71. The molecule has 1 aliphatic rings. The van der Waals surface area contributed by atoms with Crippen molar-refractivity contribution in [2.75, 3.05) is 26.0 Å². The van der Waals surface area contributed by atoms with Gasteiger partial charge in [0.15, 0.2) is 0 Å². The fraction of sp³-hybridized carbons (Fsp3) is 0.429. The Labute approximate surface area is 203 Å². The van der Waals surface area contributed by atoms with Gasteiger partial charge in [0.25, 0.3) is 0 Å². The molecule has 1 aromatic heterocycles. The summed E-state index contributed by atoms with van der Waals surface area (Å²) in [5.74, 6) is -1.40. The van der Waals surface area contributed by atoms with Gasteiger partial charge in [-0.3, -0.25) is 10.2 Å². The number of piperidine rings is 1. The molecule has 0 aliphatic carbocycles. The van der Waals surface area contributed by atoms with Crippen LogP contribution in [-0.4, -0.2) is 60.4 Å². The van der Waals surface area contributed by atoms with E-state index in [0.717, 1.165) is 0 Å². The van der Waals surface area contributed by atoms with Crippen LogP contribution in [0, 0.1) is 17.1 Å². The Hall–Kier alpha value is -2.83. The van der Waals surface area contributed by atoms with Crippen LogP contribution in [0.3, 0.4) is 0 Å². The predicted molar refractivity (Wildman–Crippen MR) is 126 cm³/mol. The van der Waals surface area contributed by atoms with Crippen molar-refractivity contribution in [2.45, 2.75) is 25.9 Å². The summed E-state index contributed by atoms with van der Waals surface area (Å²) in [6.07, 6.45) is 5.13. The van der Waals surface area contributed by atoms with Crippen molar-refractivity contribution in [1.29, 1.82) is 5.41 Å². The molecule has 13 heteroatoms. The molecule has 0 spiro atoms. The third-order valence-electron chi connectivity index (χ3n) is 5.23. The number of aromatic nitrogens is 2. The van der Waals surface area contributed by atoms with E-state index in [9.17, 15) is 17.6 Å². The molecule has 0 saturated carbocycles. The molecule has 0 atom stereocenters. The van der Waals surface area contributed by atoms with E-state index < -0.39 is 21.8 Å². The maximum atomic E-state index is 14.9. The van der Waals surface area contributed by atoms with Crippen LogP contribution in [0.25, 0.3) is 11.1 Å². The monoisotopic (exact) mass is 515 g/mol. The number of rotatable bonds is 9. The molecule has 1 aromatic carbocycles. The lowest BCUT2D eigenvalue weighted by Crippen LogP contribution is -2.39. The Balaban J connectivity index is 0.00000408. The smallest absolute Gasteiger partial charge is 0.316 e. The highest BCUT2D eigenvalue weighted by molar-refractivity contribution is 7.88. The van der Waals surface area contributed by atoms with Gasteiger partial charge in [0.1, 0.15) is 24.7 Å². The number of carbonyl (C=O) groups excluding carboxylic acids is 1. The number of halogens is 2. The summed E-state index contributed by atoms with van der Waals surface area (Å²) in [7, 11) is -3.17. The first kappa shape index (κ1) is 27.4. The molecule has 0 bridgehead atoms. The fourth-order valence-corrected chi connectivity index (χ4v) is 4.28. The van der Waals surface area contributed by atoms with Crippen LogP contribution in [0.1, 0.15) is 24.8 Å². The molecule has 10 nitrogen and oxygen atoms in total. The molecular formula is C21H27ClFN5O5S. The number of esters is 1. The zero-order valence-electron chi connectivity index (χ0n) is 18.6. The first-order valence-electron chi connectivity index (χ1n) is 10.3. The highest BCUT2D eigenvalue weighted by Crippen LogP contribution is 2.25. The lowest BCUT2D eigenvalue weighted by Gasteiger charge is -2.29. The van der Waals surface area contributed by atoms with Crippen molar-refractivity contribution in [3.05, 3.63) is 42.0 Å². The first-order chi connectivity index (χ1) is 15.6. The molecule has 2 heterocycles. The summed E-state index contributed by atoms with van der Waals surface area (Å²) in [6, 6.07) is 4.83. The van der Waals surface area contributed by atoms with Crippen LogP contribution >= 0.6 is 12.4 Å². The van der Waals surface area contributed by atoms with E-state index in [1.807, 2.05) is 0 Å². The van der Waals surface area contributed by atoms with Gasteiger partial charge in [0.2, 0.25) is 10.0 Å². The Morgan fingerprint density at radius 2 is 1.91 bits per heavy atom. The third kappa shape index (κ3) is 7.61. The third-order valence-corrected chi connectivity index (χ3v) is 6.54. The summed E-state index contributed by atoms with van der Waals surface area (Å²) in [6.45, 7) is 1.01. The average Bonchev–Trinajstić information content (AvgIpc) is 2.77. The van der Waals surface area contributed by atoms with Gasteiger partial charge >= 0.3 is 12.0 Å². The first-order valence-corrected chi connectivity index (χ1v) is 12.1. The number of sulfonamides is 1. The van der Waals surface area contributed by atoms with Gasteiger partial charge in [-0.05, 0) is 18.8 Å². The van der Waals surface area contributed by atoms with E-state index in [1.165, 1.54) is 29.0 Å². The van der Waals surface area contributed by atoms with E-state index in [1.54, 1.807) is 12.1 Å². The number of hydrogen-bond acceptors (Lipinski definition) is 8. The molecule has 186 valence electrons. The molecule has 0 radical (unpaired) electrons. The van der Waals surface area contributed by atoms with E-state index >= 15 is 0 Å². The summed E-state index contributed by atoms with van der Waals surface area (Å²) in [5.41, 5.74) is 6.00. The zero-order chi connectivity index (χ0) is 24.0. The Morgan fingerprint density at radius 3 is 2.50 bits per heavy atom. The maximum absolute atomic E-state index is 14.9. The van der Waals surface area contributed by atoms with Gasteiger partial charge in [0.05, 0.1) is 12.9 Å². The van der Waals surface area contributed by atoms with Gasteiger partial charge in [-0.25, -0.2) is 27.1 Å². The van der Waals surface area contributed by atoms with E-state index in [4.69, 9.17) is 20.6 Å². The quantitative estimate of drug-likeness (QED) is 0.293. The molecule has 3 N–H and O–H groups in total. The summed E-state index contributed by atoms with van der Waals surface area (Å²) >= 11 is 0. The van der Waals surface area contributed by atoms with Crippen molar-refractivity contribution < 1.29 is 27.1 Å². The minimum absolute atomic E-state index is 0. The topological polar surface area (TPSA) is 149 Å². The van der Waals surface area contributed by atoms with Crippen LogP contribution in [0.15, 0.2) is 30.6 Å². The molecular weight excluding hydrogens is 489 g/mol. The maximum Gasteiger partial charge on any atom is 0.316 e. The Morgan fingerprint density at radius 1 is 1.26 bits per heavy atom. The van der Waals surface area contributed by atoms with Gasteiger partial charge in [0, 0.05) is 42.2 Å². The predicted octanol–water partition coefficient (Wildman–Crippen LogP) is 2.12. The zero-order valence-corrected chi connectivity index (χ0v) is 20.2. The minimum Gasteiger partial charge on any atom is -0.463 e. The second-order valence-corrected chi connectivity index (χ2v) is 9.79. The summed E-state index contributed by atoms with van der Waals surface area (Å²) in [4.78, 5) is 19.8. The van der Waals surface area contributed by atoms with E-state index in [0.29, 0.717) is 38.1 Å². The van der Waals surface area contributed by atoms with Gasteiger partial charge in [-0.2, -0.15) is 0 Å². The summed E-state index contributed by atoms with van der Waals surface area (Å²) < 4.78 is 50.1. The number of hydrogen-bond donors (Lipinski definition) is 2. The molecule has 1 aliphatic heterocycles. The molecule has 0 unspecified atom stereocenters. The van der Waals surface area contributed by atoms with Crippen molar-refractivity contribution >= 4 is 34.2 Å². The van der Waals surface area contributed by atoms with Crippen LogP contribution in [-0.2, 0) is 26.2 Å². The summed E-state index contributed by atoms with van der Waals surface area (Å²) in [5, 5.41) is 7.09. The van der Waals surface area contributed by atoms with Gasteiger partial charge in [-0.15, -0.1) is 12.4 Å². The highest BCUT2D eigenvalue weighted by Gasteiger charge is 2.25. The minimum atomic E-state index is -3.17. The van der Waals surface area contributed by atoms with Crippen molar-refractivity contribution in [3.63, 3.8) is 0 Å². The fourth-order valence-electron chi connectivity index (χ4n) is 3.41. The molecule has 1 fully saturated rings. The van der Waals surface area contributed by atoms with Crippen LogP contribution in [0.5, 0.6) is 6.01 Å². The SMILES string of the molecule is CS(=O)(=O)N1CCC(COc2ncc(-c3cccc(COC(=O)CC(=N)N)c3F)cn2)CC1.Cl. The van der Waals surface area contributed by atoms with Crippen molar-refractivity contribution in [3.8, 4) is 17.1 Å².